The highest BCUT2D eigenvalue weighted by Crippen LogP contribution is 2.26. The molecule has 3 rings (SSSR count). The molecule has 0 amide bonds. The van der Waals surface area contributed by atoms with Crippen molar-refractivity contribution in [2.24, 2.45) is 0 Å². The molecular formula is C16H24N2O. The van der Waals surface area contributed by atoms with E-state index in [1.807, 2.05) is 0 Å². The second-order valence-electron chi connectivity index (χ2n) is 5.77. The smallest absolute Gasteiger partial charge is 0.122 e. The Labute approximate surface area is 115 Å². The minimum absolute atomic E-state index is 0.714. The summed E-state index contributed by atoms with van der Waals surface area (Å²) in [5, 5.41) is 3.49. The molecule has 19 heavy (non-hydrogen) atoms. The molecule has 0 saturated carbocycles. The first-order chi connectivity index (χ1) is 9.33. The van der Waals surface area contributed by atoms with Gasteiger partial charge in [-0.2, -0.15) is 0 Å². The van der Waals surface area contributed by atoms with Crippen LogP contribution in [0, 0.1) is 0 Å². The van der Waals surface area contributed by atoms with Crippen molar-refractivity contribution >= 4 is 0 Å². The number of rotatable bonds is 4. The van der Waals surface area contributed by atoms with Gasteiger partial charge in [0.15, 0.2) is 0 Å². The molecule has 1 N–H and O–H groups in total. The van der Waals surface area contributed by atoms with Crippen LogP contribution in [0.2, 0.25) is 0 Å². The second-order valence-corrected chi connectivity index (χ2v) is 5.77. The lowest BCUT2D eigenvalue weighted by atomic mass is 10.0. The quantitative estimate of drug-likeness (QED) is 0.894. The van der Waals surface area contributed by atoms with Crippen molar-refractivity contribution in [2.45, 2.75) is 31.7 Å². The highest BCUT2D eigenvalue weighted by molar-refractivity contribution is 5.39. The molecule has 1 aromatic rings. The van der Waals surface area contributed by atoms with Gasteiger partial charge in [-0.15, -0.1) is 0 Å². The number of benzene rings is 1. The average Bonchev–Trinajstić information content (AvgIpc) is 2.93. The van der Waals surface area contributed by atoms with Gasteiger partial charge < -0.3 is 15.0 Å². The fourth-order valence-corrected chi connectivity index (χ4v) is 3.09. The number of ether oxygens (including phenoxy) is 1. The molecule has 1 saturated heterocycles. The van der Waals surface area contributed by atoms with Crippen molar-refractivity contribution in [2.75, 3.05) is 33.3 Å². The number of nitrogens with zero attached hydrogens (tertiary/aromatic N) is 1. The Bertz CT molecular complexity index is 427. The zero-order valence-corrected chi connectivity index (χ0v) is 11.8. The van der Waals surface area contributed by atoms with Crippen molar-refractivity contribution in [3.8, 4) is 5.75 Å². The summed E-state index contributed by atoms with van der Waals surface area (Å²) in [6.45, 7) is 4.34. The largest absolute Gasteiger partial charge is 0.493 e. The Morgan fingerprint density at radius 2 is 2.37 bits per heavy atom. The van der Waals surface area contributed by atoms with Gasteiger partial charge in [-0.1, -0.05) is 12.1 Å². The third kappa shape index (κ3) is 3.10. The Morgan fingerprint density at radius 1 is 1.42 bits per heavy atom. The van der Waals surface area contributed by atoms with Gasteiger partial charge in [-0.3, -0.25) is 0 Å². The highest BCUT2D eigenvalue weighted by atomic mass is 16.5. The normalized spacial score (nSPS) is 22.3. The van der Waals surface area contributed by atoms with E-state index in [1.165, 1.54) is 30.5 Å². The number of hydrogen-bond donors (Lipinski definition) is 1. The van der Waals surface area contributed by atoms with Gasteiger partial charge in [0.2, 0.25) is 0 Å². The minimum Gasteiger partial charge on any atom is -0.493 e. The summed E-state index contributed by atoms with van der Waals surface area (Å²) >= 11 is 0. The summed E-state index contributed by atoms with van der Waals surface area (Å²) in [5.41, 5.74) is 2.83. The molecular weight excluding hydrogens is 236 g/mol. The van der Waals surface area contributed by atoms with Gasteiger partial charge in [-0.05, 0) is 50.0 Å². The Hall–Kier alpha value is -1.06. The lowest BCUT2D eigenvalue weighted by Crippen LogP contribution is -2.44. The van der Waals surface area contributed by atoms with Crippen LogP contribution in [0.15, 0.2) is 18.2 Å². The summed E-state index contributed by atoms with van der Waals surface area (Å²) in [6, 6.07) is 7.40. The maximum Gasteiger partial charge on any atom is 0.122 e. The Kier molecular flexibility index (Phi) is 4.04. The number of piperidine rings is 1. The molecule has 104 valence electrons. The molecule has 3 nitrogen and oxygen atoms in total. The lowest BCUT2D eigenvalue weighted by molar-refractivity contribution is 0.205. The van der Waals surface area contributed by atoms with Crippen LogP contribution in [0.25, 0.3) is 0 Å². The van der Waals surface area contributed by atoms with Crippen LogP contribution in [0.3, 0.4) is 0 Å². The molecule has 0 aromatic heterocycles. The summed E-state index contributed by atoms with van der Waals surface area (Å²) in [5.74, 6) is 1.09. The fourth-order valence-electron chi connectivity index (χ4n) is 3.09. The third-order valence-electron chi connectivity index (χ3n) is 4.40. The van der Waals surface area contributed by atoms with Gasteiger partial charge in [-0.25, -0.2) is 0 Å². The Balaban J connectivity index is 1.53. The average molecular weight is 260 g/mol. The molecule has 1 unspecified atom stereocenters. The van der Waals surface area contributed by atoms with Crippen molar-refractivity contribution in [3.05, 3.63) is 29.3 Å². The second kappa shape index (κ2) is 5.93. The molecule has 2 aliphatic heterocycles. The van der Waals surface area contributed by atoms with Crippen LogP contribution >= 0.6 is 0 Å². The SMILES string of the molecule is CN(CCc1ccc2c(c1)CCO2)C1CCCNC1. The molecule has 0 aliphatic carbocycles. The first kappa shape index (κ1) is 12.9. The van der Waals surface area contributed by atoms with Crippen molar-refractivity contribution in [3.63, 3.8) is 0 Å². The van der Waals surface area contributed by atoms with Gasteiger partial charge in [0.25, 0.3) is 0 Å². The summed E-state index contributed by atoms with van der Waals surface area (Å²) < 4.78 is 5.56. The minimum atomic E-state index is 0.714. The van der Waals surface area contributed by atoms with Crippen molar-refractivity contribution < 1.29 is 4.74 Å². The van der Waals surface area contributed by atoms with E-state index in [9.17, 15) is 0 Å². The van der Waals surface area contributed by atoms with E-state index in [4.69, 9.17) is 4.74 Å². The molecule has 1 aromatic carbocycles. The van der Waals surface area contributed by atoms with E-state index in [0.29, 0.717) is 6.04 Å². The van der Waals surface area contributed by atoms with E-state index >= 15 is 0 Å². The third-order valence-corrected chi connectivity index (χ3v) is 4.40. The fraction of sp³-hybridized carbons (Fsp3) is 0.625. The van der Waals surface area contributed by atoms with Crippen LogP contribution in [-0.2, 0) is 12.8 Å². The topological polar surface area (TPSA) is 24.5 Å². The van der Waals surface area contributed by atoms with E-state index in [-0.39, 0.29) is 0 Å². The number of nitrogens with one attached hydrogen (secondary N) is 1. The number of fused-ring (bicyclic) bond motifs is 1. The van der Waals surface area contributed by atoms with Crippen LogP contribution in [0.4, 0.5) is 0 Å². The van der Waals surface area contributed by atoms with E-state index in [2.05, 4.69) is 35.5 Å². The van der Waals surface area contributed by atoms with Gasteiger partial charge in [0.1, 0.15) is 5.75 Å². The maximum atomic E-state index is 5.56. The molecule has 0 radical (unpaired) electrons. The van der Waals surface area contributed by atoms with Gasteiger partial charge >= 0.3 is 0 Å². The summed E-state index contributed by atoms with van der Waals surface area (Å²) in [6.07, 6.45) is 4.86. The summed E-state index contributed by atoms with van der Waals surface area (Å²) in [7, 11) is 2.26. The van der Waals surface area contributed by atoms with Crippen LogP contribution in [0.5, 0.6) is 5.75 Å². The highest BCUT2D eigenvalue weighted by Gasteiger charge is 2.17. The molecule has 0 spiro atoms. The molecule has 2 heterocycles. The van der Waals surface area contributed by atoms with Crippen molar-refractivity contribution in [1.29, 1.82) is 0 Å². The lowest BCUT2D eigenvalue weighted by Gasteiger charge is -2.31. The van der Waals surface area contributed by atoms with E-state index in [1.54, 1.807) is 0 Å². The van der Waals surface area contributed by atoms with Crippen molar-refractivity contribution in [1.82, 2.24) is 10.2 Å². The standard InChI is InChI=1S/C16H24N2O/c1-18(15-3-2-8-17-12-15)9-6-13-4-5-16-14(11-13)7-10-19-16/h4-5,11,15,17H,2-3,6-10,12H2,1H3. The van der Waals surface area contributed by atoms with Crippen LogP contribution < -0.4 is 10.1 Å². The molecule has 1 atom stereocenters. The zero-order chi connectivity index (χ0) is 13.1. The predicted molar refractivity (Wildman–Crippen MR) is 77.9 cm³/mol. The maximum absolute atomic E-state index is 5.56. The molecule has 1 fully saturated rings. The molecule has 0 bridgehead atoms. The predicted octanol–water partition coefficient (Wildman–Crippen LogP) is 1.85. The first-order valence-corrected chi connectivity index (χ1v) is 7.48. The number of likely N-dealkylation sites (N-methyl/N-ethyl adjacent to an activating group) is 1. The number of hydrogen-bond acceptors (Lipinski definition) is 3. The van der Waals surface area contributed by atoms with E-state index in [0.717, 1.165) is 38.3 Å². The summed E-state index contributed by atoms with van der Waals surface area (Å²) in [4.78, 5) is 2.51. The zero-order valence-electron chi connectivity index (χ0n) is 11.8. The van der Waals surface area contributed by atoms with Gasteiger partial charge in [0, 0.05) is 25.6 Å². The molecule has 3 heteroatoms. The van der Waals surface area contributed by atoms with Crippen LogP contribution in [-0.4, -0.2) is 44.2 Å². The Morgan fingerprint density at radius 3 is 3.21 bits per heavy atom. The monoisotopic (exact) mass is 260 g/mol. The molecule has 2 aliphatic rings. The first-order valence-electron chi connectivity index (χ1n) is 7.48. The van der Waals surface area contributed by atoms with Gasteiger partial charge in [0.05, 0.1) is 6.61 Å². The van der Waals surface area contributed by atoms with Crippen LogP contribution in [0.1, 0.15) is 24.0 Å². The van der Waals surface area contributed by atoms with E-state index < -0.39 is 0 Å².